The van der Waals surface area contributed by atoms with Crippen LogP contribution in [0.4, 0.5) is 5.69 Å². The molecule has 0 unspecified atom stereocenters. The molecule has 30 heavy (non-hydrogen) atoms. The topological polar surface area (TPSA) is 83.9 Å². The van der Waals surface area contributed by atoms with E-state index < -0.39 is 16.0 Å². The molecule has 1 saturated carbocycles. The van der Waals surface area contributed by atoms with Crippen molar-refractivity contribution in [1.82, 2.24) is 0 Å². The number of rotatable bonds is 8. The third-order valence-corrected chi connectivity index (χ3v) is 7.90. The van der Waals surface area contributed by atoms with E-state index in [9.17, 15) is 13.2 Å². The Bertz CT molecular complexity index is 993. The van der Waals surface area contributed by atoms with Gasteiger partial charge < -0.3 is 9.84 Å². The van der Waals surface area contributed by atoms with E-state index in [2.05, 4.69) is 0 Å². The van der Waals surface area contributed by atoms with Crippen LogP contribution < -0.4 is 9.04 Å². The lowest BCUT2D eigenvalue weighted by Gasteiger charge is -2.32. The van der Waals surface area contributed by atoms with Crippen LogP contribution in [0.2, 0.25) is 0 Å². The van der Waals surface area contributed by atoms with Gasteiger partial charge in [0.2, 0.25) is 10.0 Å². The van der Waals surface area contributed by atoms with Crippen molar-refractivity contribution in [1.29, 1.82) is 0 Å². The van der Waals surface area contributed by atoms with Crippen molar-refractivity contribution in [3.63, 3.8) is 0 Å². The highest BCUT2D eigenvalue weighted by molar-refractivity contribution is 7.93. The molecule has 2 aromatic carbocycles. The summed E-state index contributed by atoms with van der Waals surface area (Å²) in [5.41, 5.74) is 2.53. The number of aromatic carboxylic acids is 1. The Morgan fingerprint density at radius 3 is 2.33 bits per heavy atom. The van der Waals surface area contributed by atoms with Crippen molar-refractivity contribution in [2.45, 2.75) is 64.4 Å². The van der Waals surface area contributed by atoms with E-state index in [0.717, 1.165) is 24.0 Å². The van der Waals surface area contributed by atoms with Gasteiger partial charge >= 0.3 is 5.97 Å². The van der Waals surface area contributed by atoms with Gasteiger partial charge in [-0.25, -0.2) is 13.2 Å². The summed E-state index contributed by atoms with van der Waals surface area (Å²) < 4.78 is 34.3. The van der Waals surface area contributed by atoms with Crippen LogP contribution in [0.25, 0.3) is 0 Å². The molecule has 0 amide bonds. The smallest absolute Gasteiger partial charge is 0.335 e. The minimum atomic E-state index is -3.50. The summed E-state index contributed by atoms with van der Waals surface area (Å²) in [4.78, 5) is 11.0. The molecule has 0 heterocycles. The lowest BCUT2D eigenvalue weighted by atomic mass is 10.1. The zero-order valence-corrected chi connectivity index (χ0v) is 18.5. The molecule has 0 aromatic heterocycles. The summed E-state index contributed by atoms with van der Waals surface area (Å²) in [6, 6.07) is 11.8. The van der Waals surface area contributed by atoms with E-state index in [1.54, 1.807) is 12.1 Å². The molecule has 1 N–H and O–H groups in total. The maximum atomic E-state index is 13.4. The maximum Gasteiger partial charge on any atom is 0.335 e. The summed E-state index contributed by atoms with van der Waals surface area (Å²) >= 11 is 0. The zero-order chi connectivity index (χ0) is 21.9. The quantitative estimate of drug-likeness (QED) is 0.651. The molecular formula is C23H29NO5S. The van der Waals surface area contributed by atoms with Gasteiger partial charge in [0.1, 0.15) is 12.4 Å². The zero-order valence-electron chi connectivity index (χ0n) is 17.7. The number of anilines is 1. The van der Waals surface area contributed by atoms with Gasteiger partial charge in [0.05, 0.1) is 16.5 Å². The molecule has 0 radical (unpaired) electrons. The molecule has 2 aromatic rings. The van der Waals surface area contributed by atoms with Crippen molar-refractivity contribution in [2.75, 3.05) is 4.31 Å². The van der Waals surface area contributed by atoms with Crippen LogP contribution in [-0.4, -0.2) is 30.8 Å². The van der Waals surface area contributed by atoms with Gasteiger partial charge in [0.15, 0.2) is 0 Å². The first-order valence-corrected chi connectivity index (χ1v) is 11.8. The molecule has 3 rings (SSSR count). The second kappa shape index (κ2) is 9.08. The summed E-state index contributed by atoms with van der Waals surface area (Å²) in [7, 11) is -3.50. The highest BCUT2D eigenvalue weighted by Gasteiger charge is 2.37. The van der Waals surface area contributed by atoms with Gasteiger partial charge in [-0.05, 0) is 69.0 Å². The van der Waals surface area contributed by atoms with E-state index in [4.69, 9.17) is 9.84 Å². The lowest BCUT2D eigenvalue weighted by Crippen LogP contribution is -2.42. The molecule has 1 aliphatic carbocycles. The van der Waals surface area contributed by atoms with Gasteiger partial charge in [-0.2, -0.15) is 0 Å². The fraction of sp³-hybridized carbons (Fsp3) is 0.435. The SMILES string of the molecule is Cc1ccc(N(C(C)C)S(=O)(=O)C2CCCC2)c(OCc2ccc(C(=O)O)cc2)c1. The Morgan fingerprint density at radius 1 is 1.13 bits per heavy atom. The standard InChI is InChI=1S/C23H29NO5S/c1-16(2)24(30(27,28)20-6-4-5-7-20)21-13-8-17(3)14-22(21)29-15-18-9-11-19(12-10-18)23(25)26/h8-14,16,20H,4-7,15H2,1-3H3,(H,25,26). The summed E-state index contributed by atoms with van der Waals surface area (Å²) in [6.45, 7) is 5.90. The number of aryl methyl sites for hydroxylation is 1. The van der Waals surface area contributed by atoms with Gasteiger partial charge in [-0.3, -0.25) is 4.31 Å². The third kappa shape index (κ3) is 4.78. The van der Waals surface area contributed by atoms with Crippen LogP contribution >= 0.6 is 0 Å². The number of carboxylic acids is 1. The van der Waals surface area contributed by atoms with E-state index >= 15 is 0 Å². The molecule has 1 aliphatic rings. The van der Waals surface area contributed by atoms with Crippen molar-refractivity contribution in [3.05, 3.63) is 59.2 Å². The number of hydrogen-bond donors (Lipinski definition) is 1. The first kappa shape index (κ1) is 22.2. The number of sulfonamides is 1. The van der Waals surface area contributed by atoms with Gasteiger partial charge in [0.25, 0.3) is 0 Å². The van der Waals surface area contributed by atoms with Crippen LogP contribution in [0.15, 0.2) is 42.5 Å². The third-order valence-electron chi connectivity index (χ3n) is 5.41. The summed E-state index contributed by atoms with van der Waals surface area (Å²) in [6.07, 6.45) is 3.28. The summed E-state index contributed by atoms with van der Waals surface area (Å²) in [5, 5.41) is 8.69. The Labute approximate surface area is 178 Å². The summed E-state index contributed by atoms with van der Waals surface area (Å²) in [5.74, 6) is -0.472. The minimum Gasteiger partial charge on any atom is -0.487 e. The monoisotopic (exact) mass is 431 g/mol. The van der Waals surface area contributed by atoms with Crippen molar-refractivity contribution < 1.29 is 23.1 Å². The molecule has 0 bridgehead atoms. The molecule has 0 spiro atoms. The van der Waals surface area contributed by atoms with Crippen LogP contribution in [0, 0.1) is 6.92 Å². The van der Waals surface area contributed by atoms with Crippen molar-refractivity contribution >= 4 is 21.7 Å². The highest BCUT2D eigenvalue weighted by atomic mass is 32.2. The first-order chi connectivity index (χ1) is 14.2. The fourth-order valence-corrected chi connectivity index (χ4v) is 6.14. The average Bonchev–Trinajstić information content (AvgIpc) is 3.23. The number of benzene rings is 2. The molecule has 6 nitrogen and oxygen atoms in total. The number of carbonyl (C=O) groups is 1. The fourth-order valence-electron chi connectivity index (χ4n) is 3.88. The van der Waals surface area contributed by atoms with E-state index in [-0.39, 0.29) is 23.5 Å². The normalized spacial score (nSPS) is 14.8. The predicted octanol–water partition coefficient (Wildman–Crippen LogP) is 4.76. The second-order valence-electron chi connectivity index (χ2n) is 8.10. The lowest BCUT2D eigenvalue weighted by molar-refractivity contribution is 0.0697. The van der Waals surface area contributed by atoms with Gasteiger partial charge in [-0.15, -0.1) is 0 Å². The van der Waals surface area contributed by atoms with E-state index in [1.807, 2.05) is 39.0 Å². The Morgan fingerprint density at radius 2 is 1.77 bits per heavy atom. The van der Waals surface area contributed by atoms with Crippen LogP contribution in [-0.2, 0) is 16.6 Å². The van der Waals surface area contributed by atoms with E-state index in [1.165, 1.54) is 16.4 Å². The Balaban J connectivity index is 1.90. The average molecular weight is 432 g/mol. The number of carboxylic acid groups (broad SMARTS) is 1. The van der Waals surface area contributed by atoms with Crippen molar-refractivity contribution in [3.8, 4) is 5.75 Å². The Kier molecular flexibility index (Phi) is 6.71. The van der Waals surface area contributed by atoms with Crippen LogP contribution in [0.3, 0.4) is 0 Å². The van der Waals surface area contributed by atoms with Gasteiger partial charge in [0, 0.05) is 6.04 Å². The molecule has 7 heteroatoms. The second-order valence-corrected chi connectivity index (χ2v) is 10.2. The number of ether oxygens (including phenoxy) is 1. The first-order valence-electron chi connectivity index (χ1n) is 10.3. The molecule has 162 valence electrons. The predicted molar refractivity (Wildman–Crippen MR) is 118 cm³/mol. The minimum absolute atomic E-state index is 0.212. The number of hydrogen-bond acceptors (Lipinski definition) is 4. The largest absolute Gasteiger partial charge is 0.487 e. The molecule has 0 atom stereocenters. The molecular weight excluding hydrogens is 402 g/mol. The van der Waals surface area contributed by atoms with Gasteiger partial charge in [-0.1, -0.05) is 31.0 Å². The van der Waals surface area contributed by atoms with Crippen LogP contribution in [0.5, 0.6) is 5.75 Å². The molecule has 0 aliphatic heterocycles. The van der Waals surface area contributed by atoms with Crippen LogP contribution in [0.1, 0.15) is 61.0 Å². The highest BCUT2D eigenvalue weighted by Crippen LogP contribution is 2.37. The van der Waals surface area contributed by atoms with Crippen molar-refractivity contribution in [2.24, 2.45) is 0 Å². The molecule has 1 fully saturated rings. The van der Waals surface area contributed by atoms with E-state index in [0.29, 0.717) is 24.3 Å². The Hall–Kier alpha value is -2.54. The maximum absolute atomic E-state index is 13.4. The number of nitrogens with zero attached hydrogens (tertiary/aromatic N) is 1. The molecule has 0 saturated heterocycles.